The van der Waals surface area contributed by atoms with Crippen molar-refractivity contribution in [3.05, 3.63) is 65.9 Å². The highest BCUT2D eigenvalue weighted by Crippen LogP contribution is 2.60. The topological polar surface area (TPSA) is 51.5 Å². The molecule has 3 atom stereocenters. The van der Waals surface area contributed by atoms with Crippen LogP contribution >= 0.6 is 0 Å². The summed E-state index contributed by atoms with van der Waals surface area (Å²) in [6.07, 6.45) is 1.80. The molecule has 4 heteroatoms. The second-order valence-corrected chi connectivity index (χ2v) is 7.42. The maximum Gasteiger partial charge on any atom is 0.224 e. The number of hydrogen-bond acceptors (Lipinski definition) is 3. The van der Waals surface area contributed by atoms with Crippen molar-refractivity contribution in [2.45, 2.75) is 31.2 Å². The number of furan rings is 1. The van der Waals surface area contributed by atoms with Gasteiger partial charge in [0.15, 0.2) is 0 Å². The lowest BCUT2D eigenvalue weighted by molar-refractivity contribution is -0.123. The van der Waals surface area contributed by atoms with Crippen molar-refractivity contribution in [2.24, 2.45) is 5.92 Å². The van der Waals surface area contributed by atoms with Crippen molar-refractivity contribution in [2.75, 3.05) is 6.61 Å². The quantitative estimate of drug-likeness (QED) is 0.766. The molecule has 0 radical (unpaired) electrons. The summed E-state index contributed by atoms with van der Waals surface area (Å²) in [4.78, 5) is 12.9. The van der Waals surface area contributed by atoms with Gasteiger partial charge in [-0.05, 0) is 38.0 Å². The first-order valence-electron chi connectivity index (χ1n) is 9.18. The third-order valence-electron chi connectivity index (χ3n) is 5.85. The molecule has 2 aliphatic rings. The van der Waals surface area contributed by atoms with E-state index in [9.17, 15) is 4.79 Å². The second-order valence-electron chi connectivity index (χ2n) is 7.42. The Morgan fingerprint density at radius 2 is 2.00 bits per heavy atom. The van der Waals surface area contributed by atoms with Crippen LogP contribution in [0.25, 0.3) is 11.0 Å². The van der Waals surface area contributed by atoms with Crippen LogP contribution in [0.5, 0.6) is 5.75 Å². The van der Waals surface area contributed by atoms with Crippen LogP contribution in [0.15, 0.2) is 59.0 Å². The Hall–Kier alpha value is -2.75. The fourth-order valence-corrected chi connectivity index (χ4v) is 4.31. The molecule has 1 aromatic heterocycles. The predicted molar refractivity (Wildman–Crippen MR) is 99.1 cm³/mol. The van der Waals surface area contributed by atoms with Gasteiger partial charge in [-0.1, -0.05) is 36.4 Å². The third-order valence-corrected chi connectivity index (χ3v) is 5.85. The molecule has 1 fully saturated rings. The molecule has 3 aromatic rings. The van der Waals surface area contributed by atoms with Crippen LogP contribution in [-0.2, 0) is 10.2 Å². The van der Waals surface area contributed by atoms with Gasteiger partial charge in [0.2, 0.25) is 5.91 Å². The molecule has 132 valence electrons. The van der Waals surface area contributed by atoms with E-state index < -0.39 is 0 Å². The average Bonchev–Trinajstić information content (AvgIpc) is 3.20. The Morgan fingerprint density at radius 3 is 2.88 bits per heavy atom. The molecule has 1 spiro atoms. The first-order chi connectivity index (χ1) is 12.7. The molecule has 1 N–H and O–H groups in total. The second kappa shape index (κ2) is 5.63. The van der Waals surface area contributed by atoms with Gasteiger partial charge in [-0.25, -0.2) is 0 Å². The van der Waals surface area contributed by atoms with E-state index in [0.29, 0.717) is 6.61 Å². The van der Waals surface area contributed by atoms with Gasteiger partial charge >= 0.3 is 0 Å². The summed E-state index contributed by atoms with van der Waals surface area (Å²) < 4.78 is 11.7. The van der Waals surface area contributed by atoms with Crippen molar-refractivity contribution in [1.82, 2.24) is 5.32 Å². The molecule has 4 nitrogen and oxygen atoms in total. The van der Waals surface area contributed by atoms with E-state index >= 15 is 0 Å². The van der Waals surface area contributed by atoms with Crippen molar-refractivity contribution in [3.8, 4) is 5.75 Å². The summed E-state index contributed by atoms with van der Waals surface area (Å²) >= 11 is 0. The van der Waals surface area contributed by atoms with Crippen molar-refractivity contribution in [3.63, 3.8) is 0 Å². The van der Waals surface area contributed by atoms with Gasteiger partial charge in [0.25, 0.3) is 0 Å². The smallest absolute Gasteiger partial charge is 0.224 e. The molecule has 1 saturated carbocycles. The molecule has 5 rings (SSSR count). The number of nitrogens with one attached hydrogen (secondary N) is 1. The lowest BCUT2D eigenvalue weighted by Crippen LogP contribution is -2.32. The van der Waals surface area contributed by atoms with E-state index in [1.165, 1.54) is 5.56 Å². The highest BCUT2D eigenvalue weighted by atomic mass is 16.5. The average molecular weight is 347 g/mol. The van der Waals surface area contributed by atoms with Gasteiger partial charge in [0.1, 0.15) is 17.1 Å². The Kier molecular flexibility index (Phi) is 3.36. The lowest BCUT2D eigenvalue weighted by Gasteiger charge is -2.27. The monoisotopic (exact) mass is 347 g/mol. The van der Waals surface area contributed by atoms with E-state index in [-0.39, 0.29) is 23.3 Å². The van der Waals surface area contributed by atoms with Gasteiger partial charge in [-0.15, -0.1) is 0 Å². The predicted octanol–water partition coefficient (Wildman–Crippen LogP) is 4.35. The molecule has 0 bridgehead atoms. The maximum absolute atomic E-state index is 12.9. The number of carbonyl (C=O) groups is 1. The largest absolute Gasteiger partial charge is 0.493 e. The van der Waals surface area contributed by atoms with Crippen molar-refractivity contribution >= 4 is 16.9 Å². The molecule has 1 aliphatic carbocycles. The Labute approximate surface area is 152 Å². The molecular weight excluding hydrogens is 326 g/mol. The number of carbonyl (C=O) groups excluding carboxylic acids is 1. The SMILES string of the molecule is C[C@@H](NC(=O)[C@@H]1C[C@]12CCOc1ccccc12)c1cc2ccccc2o1. The molecule has 0 unspecified atom stereocenters. The normalized spacial score (nSPS) is 24.7. The molecular formula is C22H21NO3. The molecule has 0 saturated heterocycles. The van der Waals surface area contributed by atoms with Gasteiger partial charge in [-0.3, -0.25) is 4.79 Å². The summed E-state index contributed by atoms with van der Waals surface area (Å²) in [7, 11) is 0. The number of amides is 1. The van der Waals surface area contributed by atoms with E-state index in [1.54, 1.807) is 0 Å². The number of rotatable bonds is 3. The van der Waals surface area contributed by atoms with E-state index in [0.717, 1.165) is 35.3 Å². The number of benzene rings is 2. The fraction of sp³-hybridized carbons (Fsp3) is 0.318. The van der Waals surface area contributed by atoms with Crippen molar-refractivity contribution < 1.29 is 13.9 Å². The zero-order valence-electron chi connectivity index (χ0n) is 14.7. The Balaban J connectivity index is 1.34. The molecule has 26 heavy (non-hydrogen) atoms. The van der Waals surface area contributed by atoms with Crippen molar-refractivity contribution in [1.29, 1.82) is 0 Å². The summed E-state index contributed by atoms with van der Waals surface area (Å²) in [6.45, 7) is 2.66. The summed E-state index contributed by atoms with van der Waals surface area (Å²) in [6, 6.07) is 17.9. The van der Waals surface area contributed by atoms with Crippen LogP contribution in [0.2, 0.25) is 0 Å². The van der Waals surface area contributed by atoms with Crippen LogP contribution in [0.1, 0.15) is 37.1 Å². The number of hydrogen-bond donors (Lipinski definition) is 1. The molecule has 1 amide bonds. The fourth-order valence-electron chi connectivity index (χ4n) is 4.31. The van der Waals surface area contributed by atoms with Gasteiger partial charge in [0.05, 0.1) is 12.6 Å². The highest BCUT2D eigenvalue weighted by molar-refractivity contribution is 5.85. The van der Waals surface area contributed by atoms with Crippen LogP contribution in [-0.4, -0.2) is 12.5 Å². The first-order valence-corrected chi connectivity index (χ1v) is 9.18. The minimum absolute atomic E-state index is 0.0133. The molecule has 2 aromatic carbocycles. The summed E-state index contributed by atoms with van der Waals surface area (Å²) in [5, 5.41) is 4.21. The van der Waals surface area contributed by atoms with E-state index in [2.05, 4.69) is 11.4 Å². The minimum Gasteiger partial charge on any atom is -0.493 e. The Bertz CT molecular complexity index is 959. The van der Waals surface area contributed by atoms with E-state index in [1.807, 2.05) is 55.5 Å². The van der Waals surface area contributed by atoms with Crippen LogP contribution < -0.4 is 10.1 Å². The lowest BCUT2D eigenvalue weighted by atomic mass is 9.87. The maximum atomic E-state index is 12.9. The van der Waals surface area contributed by atoms with E-state index in [4.69, 9.17) is 9.15 Å². The zero-order valence-corrected chi connectivity index (χ0v) is 14.7. The standard InChI is InChI=1S/C22H21NO3/c1-14(20-12-15-6-2-4-8-18(15)26-20)23-21(24)17-13-22(17)10-11-25-19-9-5-3-7-16(19)22/h2-9,12,14,17H,10-11,13H2,1H3,(H,23,24)/t14-,17+,22+/m1/s1. The highest BCUT2D eigenvalue weighted by Gasteiger charge is 2.61. The number of para-hydroxylation sites is 2. The number of ether oxygens (including phenoxy) is 1. The third kappa shape index (κ3) is 2.32. The summed E-state index contributed by atoms with van der Waals surface area (Å²) in [5.41, 5.74) is 1.99. The van der Waals surface area contributed by atoms with Crippen LogP contribution in [0.3, 0.4) is 0 Å². The minimum atomic E-state index is -0.150. The Morgan fingerprint density at radius 1 is 1.19 bits per heavy atom. The molecule has 2 heterocycles. The van der Waals surface area contributed by atoms with Gasteiger partial charge < -0.3 is 14.5 Å². The summed E-state index contributed by atoms with van der Waals surface area (Å²) in [5.74, 6) is 1.84. The van der Waals surface area contributed by atoms with Gasteiger partial charge in [-0.2, -0.15) is 0 Å². The zero-order chi connectivity index (χ0) is 17.7. The number of fused-ring (bicyclic) bond motifs is 3. The van der Waals surface area contributed by atoms with Crippen LogP contribution in [0.4, 0.5) is 0 Å². The molecule has 1 aliphatic heterocycles. The first kappa shape index (κ1) is 15.5. The van der Waals surface area contributed by atoms with Gasteiger partial charge in [0, 0.05) is 22.3 Å². The van der Waals surface area contributed by atoms with Crippen LogP contribution in [0, 0.1) is 5.92 Å².